The number of ether oxygens (including phenoxy) is 4. The highest BCUT2D eigenvalue weighted by molar-refractivity contribution is 5.00. The van der Waals surface area contributed by atoms with E-state index in [-0.39, 0.29) is 6.61 Å². The third kappa shape index (κ3) is 10.3. The third-order valence-electron chi connectivity index (χ3n) is 8.18. The second kappa shape index (κ2) is 19.0. The summed E-state index contributed by atoms with van der Waals surface area (Å²) < 4.78 is 22.5. The molecule has 2 heterocycles. The Labute approximate surface area is 244 Å². The SMILES string of the molecule is CCCCCCCCCCCCCCCCCO[C@@]1(OC2(CO)O[C@H](CO)[C@@H](O)[C@@H]2O)O[C@H](CO)[C@@H](O)[C@H](O)[C@H]1O. The molecule has 0 aromatic rings. The highest BCUT2D eigenvalue weighted by atomic mass is 16.9. The van der Waals surface area contributed by atoms with Crippen LogP contribution >= 0.6 is 0 Å². The van der Waals surface area contributed by atoms with Crippen molar-refractivity contribution < 1.29 is 59.8 Å². The minimum atomic E-state index is -2.57. The molecule has 0 aromatic heterocycles. The first-order valence-corrected chi connectivity index (χ1v) is 15.6. The monoisotopic (exact) mass is 596 g/mol. The van der Waals surface area contributed by atoms with Crippen LogP contribution < -0.4 is 0 Å². The molecule has 12 heteroatoms. The Bertz CT molecular complexity index is 684. The lowest BCUT2D eigenvalue weighted by atomic mass is 9.97. The van der Waals surface area contributed by atoms with Crippen molar-refractivity contribution in [3.8, 4) is 0 Å². The van der Waals surface area contributed by atoms with Crippen molar-refractivity contribution in [1.29, 1.82) is 0 Å². The maximum atomic E-state index is 10.8. The molecule has 0 aliphatic carbocycles. The van der Waals surface area contributed by atoms with E-state index >= 15 is 0 Å². The van der Waals surface area contributed by atoms with E-state index < -0.39 is 74.3 Å². The molecule has 0 spiro atoms. The molecule has 0 amide bonds. The fourth-order valence-electron chi connectivity index (χ4n) is 5.53. The van der Waals surface area contributed by atoms with E-state index in [1.807, 2.05) is 0 Å². The van der Waals surface area contributed by atoms with Gasteiger partial charge in [-0.15, -0.1) is 0 Å². The highest BCUT2D eigenvalue weighted by Gasteiger charge is 2.64. The Kier molecular flexibility index (Phi) is 17.0. The Balaban J connectivity index is 1.82. The van der Waals surface area contributed by atoms with Crippen LogP contribution in [0.25, 0.3) is 0 Å². The lowest BCUT2D eigenvalue weighted by Gasteiger charge is -2.50. The summed E-state index contributed by atoms with van der Waals surface area (Å²) in [4.78, 5) is 0. The van der Waals surface area contributed by atoms with Gasteiger partial charge in [0.1, 0.15) is 43.2 Å². The van der Waals surface area contributed by atoms with Crippen molar-refractivity contribution in [3.05, 3.63) is 0 Å². The summed E-state index contributed by atoms with van der Waals surface area (Å²) >= 11 is 0. The van der Waals surface area contributed by atoms with Gasteiger partial charge in [-0.2, -0.15) is 0 Å². The molecule has 8 N–H and O–H groups in total. The van der Waals surface area contributed by atoms with Crippen LogP contribution in [0.1, 0.15) is 103 Å². The van der Waals surface area contributed by atoms with Crippen LogP contribution in [0.4, 0.5) is 0 Å². The van der Waals surface area contributed by atoms with Crippen molar-refractivity contribution in [3.63, 3.8) is 0 Å². The second-order valence-corrected chi connectivity index (χ2v) is 11.5. The van der Waals surface area contributed by atoms with Crippen molar-refractivity contribution in [1.82, 2.24) is 0 Å². The molecule has 0 saturated carbocycles. The summed E-state index contributed by atoms with van der Waals surface area (Å²) in [6, 6.07) is 0. The van der Waals surface area contributed by atoms with Gasteiger partial charge in [-0.3, -0.25) is 4.74 Å². The summed E-state index contributed by atoms with van der Waals surface area (Å²) in [5, 5.41) is 81.5. The largest absolute Gasteiger partial charge is 0.394 e. The molecule has 0 radical (unpaired) electrons. The van der Waals surface area contributed by atoms with E-state index in [1.165, 1.54) is 64.2 Å². The van der Waals surface area contributed by atoms with Crippen LogP contribution in [0.5, 0.6) is 0 Å². The van der Waals surface area contributed by atoms with Crippen molar-refractivity contribution in [2.45, 2.75) is 158 Å². The number of rotatable bonds is 22. The zero-order valence-corrected chi connectivity index (χ0v) is 24.7. The summed E-state index contributed by atoms with van der Waals surface area (Å²) in [5.41, 5.74) is 0. The number of unbranched alkanes of at least 4 members (excludes halogenated alkanes) is 14. The molecule has 2 aliphatic rings. The molecule has 12 nitrogen and oxygen atoms in total. The van der Waals surface area contributed by atoms with Crippen LogP contribution in [-0.4, -0.2) is 122 Å². The van der Waals surface area contributed by atoms with E-state index in [4.69, 9.17) is 18.9 Å². The van der Waals surface area contributed by atoms with Crippen molar-refractivity contribution >= 4 is 0 Å². The van der Waals surface area contributed by atoms with E-state index in [0.717, 1.165) is 25.7 Å². The molecular formula is C29H56O12. The molecule has 9 atom stereocenters. The van der Waals surface area contributed by atoms with Gasteiger partial charge in [-0.25, -0.2) is 0 Å². The first kappa shape index (κ1) is 36.7. The molecule has 2 fully saturated rings. The van der Waals surface area contributed by atoms with Gasteiger partial charge in [-0.05, 0) is 6.42 Å². The Morgan fingerprint density at radius 3 is 1.46 bits per heavy atom. The second-order valence-electron chi connectivity index (χ2n) is 11.5. The Hall–Kier alpha value is -0.480. The van der Waals surface area contributed by atoms with Crippen molar-refractivity contribution in [2.24, 2.45) is 0 Å². The molecule has 1 unspecified atom stereocenters. The van der Waals surface area contributed by atoms with E-state index in [0.29, 0.717) is 6.42 Å². The smallest absolute Gasteiger partial charge is 0.316 e. The van der Waals surface area contributed by atoms with Gasteiger partial charge in [0.05, 0.1) is 19.8 Å². The zero-order chi connectivity index (χ0) is 30.3. The standard InChI is InChI=1S/C29H56O12/c1-2-3-4-5-6-7-8-9-10-11-12-13-14-15-16-17-38-29(27(37)25(35)23(33)21(18-30)40-29)41-28(20-32)26(36)24(34)22(19-31)39-28/h21-27,30-37H,2-20H2,1H3/t21-,22-,23-,24-,25+,26+,27-,28?,29-/m1/s1. The Morgan fingerprint density at radius 1 is 0.561 bits per heavy atom. The summed E-state index contributed by atoms with van der Waals surface area (Å²) in [7, 11) is 0. The number of aliphatic hydroxyl groups excluding tert-OH is 8. The van der Waals surface area contributed by atoms with E-state index in [2.05, 4.69) is 6.92 Å². The van der Waals surface area contributed by atoms with Crippen LogP contribution in [0.15, 0.2) is 0 Å². The quantitative estimate of drug-likeness (QED) is 0.0648. The van der Waals surface area contributed by atoms with E-state index in [9.17, 15) is 40.9 Å². The molecule has 244 valence electrons. The lowest BCUT2D eigenvalue weighted by Crippen LogP contribution is -2.70. The predicted molar refractivity (Wildman–Crippen MR) is 148 cm³/mol. The first-order chi connectivity index (χ1) is 19.7. The van der Waals surface area contributed by atoms with Gasteiger partial charge < -0.3 is 55.1 Å². The average molecular weight is 597 g/mol. The van der Waals surface area contributed by atoms with E-state index in [1.54, 1.807) is 0 Å². The van der Waals surface area contributed by atoms with Crippen molar-refractivity contribution in [2.75, 3.05) is 26.4 Å². The molecule has 2 rings (SSSR count). The molecule has 0 aromatic carbocycles. The maximum Gasteiger partial charge on any atom is 0.316 e. The van der Waals surface area contributed by atoms with Gasteiger partial charge in [0, 0.05) is 0 Å². The lowest BCUT2D eigenvalue weighted by molar-refractivity contribution is -0.510. The topological polar surface area (TPSA) is 199 Å². The van der Waals surface area contributed by atoms with Gasteiger partial charge in [0.15, 0.2) is 6.10 Å². The van der Waals surface area contributed by atoms with Gasteiger partial charge in [-0.1, -0.05) is 96.8 Å². The predicted octanol–water partition coefficient (Wildman–Crippen LogP) is 0.820. The first-order valence-electron chi connectivity index (χ1n) is 15.6. The molecule has 41 heavy (non-hydrogen) atoms. The number of hydrogen-bond acceptors (Lipinski definition) is 12. The molecule has 2 aliphatic heterocycles. The minimum Gasteiger partial charge on any atom is -0.394 e. The van der Waals surface area contributed by atoms with Gasteiger partial charge >= 0.3 is 5.97 Å². The van der Waals surface area contributed by atoms with Gasteiger partial charge in [0.2, 0.25) is 5.79 Å². The van der Waals surface area contributed by atoms with Gasteiger partial charge in [0.25, 0.3) is 0 Å². The molecular weight excluding hydrogens is 540 g/mol. The Morgan fingerprint density at radius 2 is 1.02 bits per heavy atom. The van der Waals surface area contributed by atoms with Crippen LogP contribution in [0.2, 0.25) is 0 Å². The fraction of sp³-hybridized carbons (Fsp3) is 1.00. The van der Waals surface area contributed by atoms with Crippen LogP contribution in [0, 0.1) is 0 Å². The molecule has 0 bridgehead atoms. The third-order valence-corrected chi connectivity index (χ3v) is 8.18. The number of aliphatic hydroxyl groups is 8. The highest BCUT2D eigenvalue weighted by Crippen LogP contribution is 2.41. The minimum absolute atomic E-state index is 0.0279. The number of hydrogen-bond donors (Lipinski definition) is 8. The summed E-state index contributed by atoms with van der Waals surface area (Å²) in [6.07, 6.45) is 5.66. The normalized spacial score (nSPS) is 35.8. The maximum absolute atomic E-state index is 10.8. The van der Waals surface area contributed by atoms with Crippen LogP contribution in [0.3, 0.4) is 0 Å². The zero-order valence-electron chi connectivity index (χ0n) is 24.7. The van der Waals surface area contributed by atoms with Crippen LogP contribution in [-0.2, 0) is 18.9 Å². The average Bonchev–Trinajstić information content (AvgIpc) is 3.22. The molecule has 2 saturated heterocycles. The summed E-state index contributed by atoms with van der Waals surface area (Å²) in [6.45, 7) is -0.307. The summed E-state index contributed by atoms with van der Waals surface area (Å²) in [5.74, 6) is -4.97. The fourth-order valence-corrected chi connectivity index (χ4v) is 5.53.